The van der Waals surface area contributed by atoms with Gasteiger partial charge in [0, 0.05) is 5.25 Å². The molecule has 1 aliphatic rings. The van der Waals surface area contributed by atoms with Crippen LogP contribution in [0, 0.1) is 0 Å². The number of rotatable bonds is 1. The summed E-state index contributed by atoms with van der Waals surface area (Å²) < 4.78 is 36.5. The average Bonchev–Trinajstić information content (AvgIpc) is 2.15. The molecule has 0 saturated heterocycles. The molecule has 0 N–H and O–H groups in total. The lowest BCUT2D eigenvalue weighted by Crippen LogP contribution is -2.20. The molecule has 0 fully saturated rings. The fraction of sp³-hybridized carbons (Fsp3) is 0.455. The quantitative estimate of drug-likeness (QED) is 0.709. The number of halogens is 3. The first kappa shape index (κ1) is 10.9. The van der Waals surface area contributed by atoms with Crippen LogP contribution in [0.4, 0.5) is 13.2 Å². The summed E-state index contributed by atoms with van der Waals surface area (Å²) in [5.74, 6) is 0. The lowest BCUT2D eigenvalue weighted by Gasteiger charge is -2.24. The van der Waals surface area contributed by atoms with E-state index in [2.05, 4.69) is 0 Å². The smallest absolute Gasteiger partial charge is 0.160 e. The van der Waals surface area contributed by atoms with Gasteiger partial charge in [0.25, 0.3) is 0 Å². The Morgan fingerprint density at radius 1 is 1.13 bits per heavy atom. The SMILES string of the molecule is FC(F)(F)S[C@@H]1CCc2ccccc2C1. The van der Waals surface area contributed by atoms with E-state index < -0.39 is 5.51 Å². The van der Waals surface area contributed by atoms with Crippen molar-refractivity contribution >= 4 is 11.8 Å². The van der Waals surface area contributed by atoms with Crippen LogP contribution in [0.15, 0.2) is 24.3 Å². The molecule has 0 radical (unpaired) electrons. The van der Waals surface area contributed by atoms with Gasteiger partial charge in [0.15, 0.2) is 0 Å². The first-order valence-corrected chi connectivity index (χ1v) is 5.74. The molecule has 1 atom stereocenters. The molecule has 82 valence electrons. The van der Waals surface area contributed by atoms with Crippen LogP contribution in [0.3, 0.4) is 0 Å². The maximum absolute atomic E-state index is 12.2. The summed E-state index contributed by atoms with van der Waals surface area (Å²) in [5, 5.41) is -0.306. The van der Waals surface area contributed by atoms with Gasteiger partial charge in [0.2, 0.25) is 0 Å². The number of alkyl halides is 3. The van der Waals surface area contributed by atoms with Crippen LogP contribution in [0.25, 0.3) is 0 Å². The third kappa shape index (κ3) is 2.91. The zero-order valence-corrected chi connectivity index (χ0v) is 8.87. The van der Waals surface area contributed by atoms with Crippen molar-refractivity contribution in [2.45, 2.75) is 30.0 Å². The highest BCUT2D eigenvalue weighted by molar-refractivity contribution is 8.00. The van der Waals surface area contributed by atoms with Crippen molar-refractivity contribution in [1.82, 2.24) is 0 Å². The van der Waals surface area contributed by atoms with Crippen LogP contribution >= 0.6 is 11.8 Å². The molecular formula is C11H11F3S. The average molecular weight is 232 g/mol. The molecule has 2 rings (SSSR count). The fourth-order valence-corrected chi connectivity index (χ4v) is 2.83. The van der Waals surface area contributed by atoms with Gasteiger partial charge in [-0.3, -0.25) is 0 Å². The second-order valence-corrected chi connectivity index (χ2v) is 5.06. The molecule has 0 bridgehead atoms. The summed E-state index contributed by atoms with van der Waals surface area (Å²) in [6.07, 6.45) is 1.94. The first-order chi connectivity index (χ1) is 7.04. The van der Waals surface area contributed by atoms with Gasteiger partial charge in [0.1, 0.15) is 0 Å². The zero-order chi connectivity index (χ0) is 10.9. The topological polar surface area (TPSA) is 0 Å². The van der Waals surface area contributed by atoms with Crippen LogP contribution in [0.5, 0.6) is 0 Å². The normalized spacial score (nSPS) is 21.1. The molecule has 0 heterocycles. The van der Waals surface area contributed by atoms with E-state index in [4.69, 9.17) is 0 Å². The molecular weight excluding hydrogens is 221 g/mol. The Bertz CT molecular complexity index is 346. The van der Waals surface area contributed by atoms with Gasteiger partial charge in [-0.05, 0) is 42.2 Å². The summed E-state index contributed by atoms with van der Waals surface area (Å²) in [7, 11) is 0. The monoisotopic (exact) mass is 232 g/mol. The number of aryl methyl sites for hydroxylation is 1. The Morgan fingerprint density at radius 2 is 1.80 bits per heavy atom. The van der Waals surface area contributed by atoms with E-state index in [1.807, 2.05) is 24.3 Å². The molecule has 0 spiro atoms. The molecule has 0 nitrogen and oxygen atoms in total. The van der Waals surface area contributed by atoms with Crippen molar-refractivity contribution in [2.75, 3.05) is 0 Å². The fourth-order valence-electron chi connectivity index (χ4n) is 1.95. The number of hydrogen-bond donors (Lipinski definition) is 0. The summed E-state index contributed by atoms with van der Waals surface area (Å²) >= 11 is 0.141. The molecule has 0 unspecified atom stereocenters. The van der Waals surface area contributed by atoms with Crippen LogP contribution in [-0.2, 0) is 12.8 Å². The molecule has 4 heteroatoms. The van der Waals surface area contributed by atoms with Crippen molar-refractivity contribution in [2.24, 2.45) is 0 Å². The summed E-state index contributed by atoms with van der Waals surface area (Å²) in [6.45, 7) is 0. The van der Waals surface area contributed by atoms with E-state index in [9.17, 15) is 13.2 Å². The predicted octanol–water partition coefficient (Wildman–Crippen LogP) is 3.80. The summed E-state index contributed by atoms with van der Waals surface area (Å²) in [5.41, 5.74) is -1.82. The molecule has 15 heavy (non-hydrogen) atoms. The standard InChI is InChI=1S/C11H11F3S/c12-11(13,14)15-10-6-5-8-3-1-2-4-9(8)7-10/h1-4,10H,5-7H2/t10-/m1/s1. The van der Waals surface area contributed by atoms with E-state index >= 15 is 0 Å². The Hall–Kier alpha value is -0.640. The van der Waals surface area contributed by atoms with Gasteiger partial charge < -0.3 is 0 Å². The van der Waals surface area contributed by atoms with Gasteiger partial charge in [-0.1, -0.05) is 24.3 Å². The van der Waals surface area contributed by atoms with Crippen LogP contribution < -0.4 is 0 Å². The molecule has 1 aromatic rings. The third-order valence-electron chi connectivity index (χ3n) is 2.60. The largest absolute Gasteiger partial charge is 0.442 e. The Labute approximate surface area is 90.9 Å². The Morgan fingerprint density at radius 3 is 2.47 bits per heavy atom. The molecule has 1 aromatic carbocycles. The van der Waals surface area contributed by atoms with Crippen molar-refractivity contribution in [3.05, 3.63) is 35.4 Å². The predicted molar refractivity (Wildman–Crippen MR) is 55.9 cm³/mol. The summed E-state index contributed by atoms with van der Waals surface area (Å²) in [6, 6.07) is 7.76. The third-order valence-corrected chi connectivity index (χ3v) is 3.60. The molecule has 0 aliphatic heterocycles. The second-order valence-electron chi connectivity index (χ2n) is 3.70. The molecule has 1 aliphatic carbocycles. The zero-order valence-electron chi connectivity index (χ0n) is 8.05. The van der Waals surface area contributed by atoms with Crippen LogP contribution in [0.1, 0.15) is 17.5 Å². The van der Waals surface area contributed by atoms with E-state index in [1.54, 1.807) is 0 Å². The van der Waals surface area contributed by atoms with E-state index in [0.717, 1.165) is 12.0 Å². The molecule has 0 amide bonds. The maximum atomic E-state index is 12.2. The minimum absolute atomic E-state index is 0.141. The Balaban J connectivity index is 2.06. The van der Waals surface area contributed by atoms with Gasteiger partial charge in [-0.25, -0.2) is 0 Å². The highest BCUT2D eigenvalue weighted by Crippen LogP contribution is 2.39. The highest BCUT2D eigenvalue weighted by atomic mass is 32.2. The van der Waals surface area contributed by atoms with Crippen molar-refractivity contribution in [1.29, 1.82) is 0 Å². The Kier molecular flexibility index (Phi) is 2.96. The number of fused-ring (bicyclic) bond motifs is 1. The number of hydrogen-bond acceptors (Lipinski definition) is 1. The first-order valence-electron chi connectivity index (χ1n) is 4.86. The highest BCUT2D eigenvalue weighted by Gasteiger charge is 2.34. The molecule has 0 saturated carbocycles. The maximum Gasteiger partial charge on any atom is 0.442 e. The van der Waals surface area contributed by atoms with Gasteiger partial charge in [0.05, 0.1) is 0 Å². The second kappa shape index (κ2) is 4.08. The van der Waals surface area contributed by atoms with Gasteiger partial charge >= 0.3 is 5.51 Å². The van der Waals surface area contributed by atoms with E-state index in [0.29, 0.717) is 12.8 Å². The lowest BCUT2D eigenvalue weighted by molar-refractivity contribution is -0.0334. The lowest BCUT2D eigenvalue weighted by atomic mass is 9.92. The molecule has 0 aromatic heterocycles. The minimum atomic E-state index is -4.10. The summed E-state index contributed by atoms with van der Waals surface area (Å²) in [4.78, 5) is 0. The van der Waals surface area contributed by atoms with Crippen LogP contribution in [0.2, 0.25) is 0 Å². The number of benzene rings is 1. The minimum Gasteiger partial charge on any atom is -0.160 e. The van der Waals surface area contributed by atoms with Crippen molar-refractivity contribution in [3.63, 3.8) is 0 Å². The van der Waals surface area contributed by atoms with E-state index in [1.165, 1.54) is 5.56 Å². The van der Waals surface area contributed by atoms with Crippen molar-refractivity contribution in [3.8, 4) is 0 Å². The van der Waals surface area contributed by atoms with E-state index in [-0.39, 0.29) is 17.0 Å². The van der Waals surface area contributed by atoms with Crippen molar-refractivity contribution < 1.29 is 13.2 Å². The van der Waals surface area contributed by atoms with Crippen LogP contribution in [-0.4, -0.2) is 10.8 Å². The van der Waals surface area contributed by atoms with Gasteiger partial charge in [-0.15, -0.1) is 0 Å². The number of thioether (sulfide) groups is 1. The van der Waals surface area contributed by atoms with Gasteiger partial charge in [-0.2, -0.15) is 13.2 Å².